The average molecular weight is 281 g/mol. The van der Waals surface area contributed by atoms with Crippen LogP contribution in [0.2, 0.25) is 12.6 Å². The Kier molecular flexibility index (Phi) is 3.00. The minimum absolute atomic E-state index is 0.0177. The van der Waals surface area contributed by atoms with E-state index in [1.165, 1.54) is 0 Å². The monoisotopic (exact) mass is 281 g/mol. The van der Waals surface area contributed by atoms with Gasteiger partial charge in [0.2, 0.25) is 0 Å². The second-order valence-corrected chi connectivity index (χ2v) is 5.05. The zero-order chi connectivity index (χ0) is 14.3. The summed E-state index contributed by atoms with van der Waals surface area (Å²) < 4.78 is 43.3. The molecule has 1 aromatic heterocycles. The van der Waals surface area contributed by atoms with Gasteiger partial charge in [-0.3, -0.25) is 0 Å². The number of alkyl halides is 3. The highest BCUT2D eigenvalue weighted by Gasteiger charge is 2.38. The van der Waals surface area contributed by atoms with Gasteiger partial charge in [-0.25, -0.2) is 10.2 Å². The van der Waals surface area contributed by atoms with Crippen molar-refractivity contribution in [1.82, 2.24) is 4.98 Å². The van der Waals surface area contributed by atoms with Gasteiger partial charge in [-0.1, -0.05) is 0 Å². The summed E-state index contributed by atoms with van der Waals surface area (Å²) in [4.78, 5) is 5.87. The lowest BCUT2D eigenvalue weighted by Crippen LogP contribution is -2.50. The molecule has 1 atom stereocenters. The number of hydrogen-bond acceptors (Lipinski definition) is 4. The lowest BCUT2D eigenvalue weighted by molar-refractivity contribution is -0.137. The molecule has 0 bridgehead atoms. The van der Waals surface area contributed by atoms with E-state index in [0.717, 1.165) is 12.3 Å². The number of anilines is 1. The van der Waals surface area contributed by atoms with Crippen LogP contribution in [0.5, 0.6) is 5.75 Å². The maximum atomic E-state index is 12.6. The van der Waals surface area contributed by atoms with Gasteiger partial charge in [-0.05, 0) is 18.7 Å². The molecule has 0 aromatic carbocycles. The van der Waals surface area contributed by atoms with Gasteiger partial charge in [0.1, 0.15) is 6.61 Å². The van der Waals surface area contributed by atoms with Crippen LogP contribution < -0.4 is 9.64 Å². The molecule has 0 aliphatic carbocycles. The fourth-order valence-corrected chi connectivity index (χ4v) is 2.71. The van der Waals surface area contributed by atoms with Crippen molar-refractivity contribution in [2.75, 3.05) is 18.1 Å². The van der Waals surface area contributed by atoms with Gasteiger partial charge in [-0.2, -0.15) is 13.2 Å². The summed E-state index contributed by atoms with van der Waals surface area (Å²) in [5.74, 6) is 2.86. The molecule has 1 fully saturated rings. The van der Waals surface area contributed by atoms with Crippen LogP contribution >= 0.6 is 0 Å². The van der Waals surface area contributed by atoms with Crippen molar-refractivity contribution in [2.45, 2.75) is 24.9 Å². The number of nitriles is 1. The van der Waals surface area contributed by atoms with E-state index >= 15 is 0 Å². The molecule has 1 aromatic rings. The summed E-state index contributed by atoms with van der Waals surface area (Å²) in [6, 6.07) is 1.01. The molecular weight excluding hydrogens is 270 g/mol. The highest BCUT2D eigenvalue weighted by atomic mass is 19.4. The van der Waals surface area contributed by atoms with E-state index in [0.29, 0.717) is 31.6 Å². The van der Waals surface area contributed by atoms with Gasteiger partial charge in [0.05, 0.1) is 11.6 Å². The van der Waals surface area contributed by atoms with Gasteiger partial charge in [-0.15, -0.1) is 0 Å². The Hall–Kier alpha value is -1.91. The predicted molar refractivity (Wildman–Crippen MR) is 66.8 cm³/mol. The largest absolute Gasteiger partial charge is 0.488 e. The van der Waals surface area contributed by atoms with Crippen molar-refractivity contribution in [3.63, 3.8) is 0 Å². The normalized spacial score (nSPS) is 21.6. The van der Waals surface area contributed by atoms with Crippen LogP contribution in [0.1, 0.15) is 5.56 Å². The Balaban J connectivity index is 1.90. The average Bonchev–Trinajstić information content (AvgIpc) is 2.44. The van der Waals surface area contributed by atoms with Gasteiger partial charge in [0, 0.05) is 18.7 Å². The molecule has 3 rings (SSSR count). The molecule has 2 aliphatic rings. The Morgan fingerprint density at radius 2 is 2.30 bits per heavy atom. The van der Waals surface area contributed by atoms with Crippen LogP contribution in [-0.2, 0) is 6.18 Å². The lowest BCUT2D eigenvalue weighted by Gasteiger charge is -2.41. The number of aromatic nitrogens is 1. The maximum absolute atomic E-state index is 12.6. The molecule has 0 radical (unpaired) electrons. The first-order valence-electron chi connectivity index (χ1n) is 6.35. The van der Waals surface area contributed by atoms with Gasteiger partial charge in [0.25, 0.3) is 6.71 Å². The molecule has 2 aliphatic heterocycles. The Morgan fingerprint density at radius 1 is 1.50 bits per heavy atom. The summed E-state index contributed by atoms with van der Waals surface area (Å²) >= 11 is 0. The first-order chi connectivity index (χ1) is 9.49. The molecule has 20 heavy (non-hydrogen) atoms. The summed E-state index contributed by atoms with van der Waals surface area (Å²) in [6.07, 6.45) is -2.22. The zero-order valence-electron chi connectivity index (χ0n) is 10.5. The van der Waals surface area contributed by atoms with Crippen molar-refractivity contribution in [3.8, 4) is 11.7 Å². The number of pyridine rings is 1. The Morgan fingerprint density at radius 3 is 3.00 bits per heavy atom. The van der Waals surface area contributed by atoms with Crippen LogP contribution in [-0.4, -0.2) is 30.9 Å². The smallest absolute Gasteiger partial charge is 0.418 e. The van der Waals surface area contributed by atoms with Crippen LogP contribution in [0, 0.1) is 11.2 Å². The molecule has 3 heterocycles. The van der Waals surface area contributed by atoms with Crippen molar-refractivity contribution in [2.24, 2.45) is 0 Å². The van der Waals surface area contributed by atoms with Crippen molar-refractivity contribution < 1.29 is 17.9 Å². The molecule has 0 saturated carbocycles. The summed E-state index contributed by atoms with van der Waals surface area (Å²) in [7, 11) is 0. The molecule has 4 nitrogen and oxygen atoms in total. The quantitative estimate of drug-likeness (QED) is 0.684. The van der Waals surface area contributed by atoms with Crippen LogP contribution in [0.4, 0.5) is 19.0 Å². The summed E-state index contributed by atoms with van der Waals surface area (Å²) in [5, 5.41) is 8.95. The van der Waals surface area contributed by atoms with E-state index in [1.54, 1.807) is 0 Å². The molecule has 8 heteroatoms. The zero-order valence-corrected chi connectivity index (χ0v) is 10.5. The Labute approximate surface area is 114 Å². The predicted octanol–water partition coefficient (Wildman–Crippen LogP) is 2.24. The third-order valence-electron chi connectivity index (χ3n) is 3.76. The van der Waals surface area contributed by atoms with Crippen molar-refractivity contribution in [1.29, 1.82) is 5.26 Å². The summed E-state index contributed by atoms with van der Waals surface area (Å²) in [5.41, 5.74) is -0.804. The van der Waals surface area contributed by atoms with Crippen molar-refractivity contribution in [3.05, 3.63) is 17.8 Å². The molecule has 1 saturated heterocycles. The highest BCUT2D eigenvalue weighted by Crippen LogP contribution is 2.39. The maximum Gasteiger partial charge on any atom is 0.418 e. The fourth-order valence-electron chi connectivity index (χ4n) is 2.71. The van der Waals surface area contributed by atoms with E-state index in [2.05, 4.69) is 11.0 Å². The molecule has 1 unspecified atom stereocenters. The first kappa shape index (κ1) is 13.1. The SMILES string of the molecule is N#CB1CCN2c3ncc(C(F)(F)F)cc3OCC2C1. The first-order valence-corrected chi connectivity index (χ1v) is 6.35. The third kappa shape index (κ3) is 2.17. The van der Waals surface area contributed by atoms with Gasteiger partial charge < -0.3 is 9.64 Å². The third-order valence-corrected chi connectivity index (χ3v) is 3.76. The minimum atomic E-state index is -4.42. The second-order valence-electron chi connectivity index (χ2n) is 5.05. The van der Waals surface area contributed by atoms with Crippen LogP contribution in [0.25, 0.3) is 0 Å². The van der Waals surface area contributed by atoms with E-state index in [-0.39, 0.29) is 18.5 Å². The minimum Gasteiger partial charge on any atom is -0.488 e. The molecular formula is C12H11BF3N3O. The highest BCUT2D eigenvalue weighted by molar-refractivity contribution is 6.67. The van der Waals surface area contributed by atoms with E-state index in [4.69, 9.17) is 10.00 Å². The lowest BCUT2D eigenvalue weighted by atomic mass is 9.43. The van der Waals surface area contributed by atoms with E-state index < -0.39 is 11.7 Å². The molecule has 0 spiro atoms. The van der Waals surface area contributed by atoms with Crippen molar-refractivity contribution >= 4 is 12.5 Å². The fraction of sp³-hybridized carbons (Fsp3) is 0.500. The molecule has 0 amide bonds. The molecule has 104 valence electrons. The number of rotatable bonds is 0. The number of hydrogen-bond donors (Lipinski definition) is 0. The van der Waals surface area contributed by atoms with Gasteiger partial charge >= 0.3 is 6.18 Å². The van der Waals surface area contributed by atoms with E-state index in [9.17, 15) is 13.2 Å². The number of ether oxygens (including phenoxy) is 1. The Bertz CT molecular complexity index is 572. The standard InChI is InChI=1S/C12H11BF3N3O/c14-12(15,16)8-3-10-11(18-5-8)19-2-1-13(7-17)4-9(19)6-20-10/h3,5,9H,1-2,4,6H2. The number of fused-ring (bicyclic) bond motifs is 3. The van der Waals surface area contributed by atoms with E-state index in [1.807, 2.05) is 4.90 Å². The second kappa shape index (κ2) is 4.58. The van der Waals surface area contributed by atoms with Crippen LogP contribution in [0.3, 0.4) is 0 Å². The topological polar surface area (TPSA) is 49.2 Å². The molecule has 0 N–H and O–H groups in total. The number of halogens is 3. The summed E-state index contributed by atoms with van der Waals surface area (Å²) in [6.45, 7) is 0.905. The van der Waals surface area contributed by atoms with Crippen LogP contribution in [0.15, 0.2) is 12.3 Å². The number of nitrogens with zero attached hydrogens (tertiary/aromatic N) is 3. The van der Waals surface area contributed by atoms with Gasteiger partial charge in [0.15, 0.2) is 11.6 Å².